The molecule has 0 saturated heterocycles. The third-order valence-corrected chi connectivity index (χ3v) is 2.51. The maximum absolute atomic E-state index is 8.60. The molecule has 3 heteroatoms. The van der Waals surface area contributed by atoms with Gasteiger partial charge in [0.1, 0.15) is 0 Å². The molecule has 17 heavy (non-hydrogen) atoms. The van der Waals surface area contributed by atoms with Crippen molar-refractivity contribution < 1.29 is 5.11 Å². The summed E-state index contributed by atoms with van der Waals surface area (Å²) in [6, 6.07) is 12.4. The van der Waals surface area contributed by atoms with E-state index in [4.69, 9.17) is 5.11 Å². The number of benzene rings is 1. The quantitative estimate of drug-likeness (QED) is 0.783. The summed E-state index contributed by atoms with van der Waals surface area (Å²) in [7, 11) is 0. The number of hydrogen-bond acceptors (Lipinski definition) is 2. The molecule has 0 saturated carbocycles. The van der Waals surface area contributed by atoms with Crippen molar-refractivity contribution in [2.24, 2.45) is 4.99 Å². The van der Waals surface area contributed by atoms with Gasteiger partial charge < -0.3 is 9.67 Å². The van der Waals surface area contributed by atoms with Crippen molar-refractivity contribution in [2.45, 2.75) is 6.54 Å². The van der Waals surface area contributed by atoms with Crippen LogP contribution in [-0.2, 0) is 6.54 Å². The molecule has 1 N–H and O–H groups in total. The number of rotatable bonds is 5. The molecule has 0 amide bonds. The van der Waals surface area contributed by atoms with E-state index < -0.39 is 0 Å². The third kappa shape index (κ3) is 3.29. The van der Waals surface area contributed by atoms with Gasteiger partial charge in [-0.2, -0.15) is 0 Å². The highest BCUT2D eigenvalue weighted by molar-refractivity contribution is 5.63. The zero-order chi connectivity index (χ0) is 11.9. The first-order valence-corrected chi connectivity index (χ1v) is 5.70. The summed E-state index contributed by atoms with van der Waals surface area (Å²) in [6.45, 7) is 1.33. The van der Waals surface area contributed by atoms with Crippen molar-refractivity contribution in [3.05, 3.63) is 48.8 Å². The smallest absolute Gasteiger partial charge is 0.0626 e. The van der Waals surface area contributed by atoms with Crippen LogP contribution in [0.3, 0.4) is 0 Å². The number of aromatic nitrogens is 1. The number of nitrogens with zero attached hydrogens (tertiary/aromatic N) is 2. The molecule has 88 valence electrons. The van der Waals surface area contributed by atoms with Crippen LogP contribution in [0.15, 0.2) is 53.8 Å². The Kier molecular flexibility index (Phi) is 4.11. The van der Waals surface area contributed by atoms with E-state index in [0.29, 0.717) is 6.54 Å². The van der Waals surface area contributed by atoms with Gasteiger partial charge in [0.15, 0.2) is 0 Å². The molecule has 1 heterocycles. The van der Waals surface area contributed by atoms with Gasteiger partial charge in [-0.1, -0.05) is 30.3 Å². The first-order valence-electron chi connectivity index (χ1n) is 5.70. The molecule has 0 atom stereocenters. The first-order chi connectivity index (χ1) is 8.40. The van der Waals surface area contributed by atoms with Crippen LogP contribution >= 0.6 is 0 Å². The van der Waals surface area contributed by atoms with Crippen molar-refractivity contribution >= 4 is 6.21 Å². The van der Waals surface area contributed by atoms with E-state index in [2.05, 4.69) is 34.0 Å². The Hall–Kier alpha value is -1.87. The molecule has 2 aromatic rings. The summed E-state index contributed by atoms with van der Waals surface area (Å²) in [6.07, 6.45) is 5.96. The Morgan fingerprint density at radius 3 is 2.71 bits per heavy atom. The van der Waals surface area contributed by atoms with Crippen LogP contribution in [0, 0.1) is 0 Å². The van der Waals surface area contributed by atoms with Crippen LogP contribution in [0.25, 0.3) is 11.1 Å². The molecular weight excluding hydrogens is 212 g/mol. The lowest BCUT2D eigenvalue weighted by atomic mass is 10.1. The minimum Gasteiger partial charge on any atom is -0.394 e. The molecule has 0 fully saturated rings. The lowest BCUT2D eigenvalue weighted by Gasteiger charge is -1.97. The highest BCUT2D eigenvalue weighted by Gasteiger charge is 1.98. The molecule has 1 aromatic heterocycles. The largest absolute Gasteiger partial charge is 0.394 e. The van der Waals surface area contributed by atoms with E-state index in [1.54, 1.807) is 0 Å². The second-order valence-electron chi connectivity index (χ2n) is 3.78. The van der Waals surface area contributed by atoms with Crippen LogP contribution < -0.4 is 0 Å². The molecule has 0 radical (unpaired) electrons. The highest BCUT2D eigenvalue weighted by Crippen LogP contribution is 2.18. The summed E-state index contributed by atoms with van der Waals surface area (Å²) in [4.78, 5) is 4.07. The van der Waals surface area contributed by atoms with Gasteiger partial charge in [0.25, 0.3) is 0 Å². The maximum atomic E-state index is 8.60. The average Bonchev–Trinajstić information content (AvgIpc) is 2.85. The Balaban J connectivity index is 2.01. The lowest BCUT2D eigenvalue weighted by molar-refractivity contribution is 0.307. The molecule has 1 aromatic carbocycles. The van der Waals surface area contributed by atoms with Gasteiger partial charge in [0.2, 0.25) is 0 Å². The van der Waals surface area contributed by atoms with E-state index in [1.165, 1.54) is 11.1 Å². The van der Waals surface area contributed by atoms with Crippen LogP contribution in [0.1, 0.15) is 0 Å². The molecule has 0 unspecified atom stereocenters. The molecule has 0 spiro atoms. The summed E-state index contributed by atoms with van der Waals surface area (Å²) in [5.74, 6) is 0. The Bertz CT molecular complexity index is 474. The number of aliphatic hydroxyl groups excluding tert-OH is 1. The van der Waals surface area contributed by atoms with Crippen LogP contribution in [0.2, 0.25) is 0 Å². The molecule has 0 aliphatic heterocycles. The molecule has 0 aliphatic rings. The maximum Gasteiger partial charge on any atom is 0.0626 e. The van der Waals surface area contributed by atoms with Gasteiger partial charge in [0, 0.05) is 18.6 Å². The van der Waals surface area contributed by atoms with Gasteiger partial charge in [0.05, 0.1) is 19.7 Å². The molecule has 0 bridgehead atoms. The zero-order valence-electron chi connectivity index (χ0n) is 9.66. The zero-order valence-corrected chi connectivity index (χ0v) is 9.66. The van der Waals surface area contributed by atoms with Gasteiger partial charge in [-0.3, -0.25) is 4.99 Å². The summed E-state index contributed by atoms with van der Waals surface area (Å²) < 4.78 is 2.07. The van der Waals surface area contributed by atoms with E-state index >= 15 is 0 Å². The van der Waals surface area contributed by atoms with E-state index in [-0.39, 0.29) is 6.61 Å². The van der Waals surface area contributed by atoms with Crippen molar-refractivity contribution in [1.29, 1.82) is 0 Å². The summed E-state index contributed by atoms with van der Waals surface area (Å²) in [5, 5.41) is 8.60. The summed E-state index contributed by atoms with van der Waals surface area (Å²) in [5.41, 5.74) is 2.43. The SMILES string of the molecule is OCC/N=C/Cn1ccc(-c2ccccc2)c1. The fraction of sp³-hybridized carbons (Fsp3) is 0.214. The van der Waals surface area contributed by atoms with Gasteiger partial charge in [-0.15, -0.1) is 0 Å². The van der Waals surface area contributed by atoms with Crippen LogP contribution in [-0.4, -0.2) is 29.0 Å². The van der Waals surface area contributed by atoms with E-state index in [1.807, 2.05) is 30.6 Å². The van der Waals surface area contributed by atoms with Gasteiger partial charge in [-0.25, -0.2) is 0 Å². The van der Waals surface area contributed by atoms with Crippen LogP contribution in [0.5, 0.6) is 0 Å². The fourth-order valence-corrected chi connectivity index (χ4v) is 1.66. The number of hydrogen-bond donors (Lipinski definition) is 1. The second kappa shape index (κ2) is 6.01. The third-order valence-electron chi connectivity index (χ3n) is 2.51. The van der Waals surface area contributed by atoms with Crippen molar-refractivity contribution in [3.8, 4) is 11.1 Å². The number of aliphatic hydroxyl groups is 1. The second-order valence-corrected chi connectivity index (χ2v) is 3.78. The Labute approximate surface area is 101 Å². The minimum absolute atomic E-state index is 0.109. The van der Waals surface area contributed by atoms with E-state index in [9.17, 15) is 0 Å². The average molecular weight is 228 g/mol. The van der Waals surface area contributed by atoms with Gasteiger partial charge in [-0.05, 0) is 17.2 Å². The molecular formula is C14H16N2O. The number of aliphatic imine (C=N–C) groups is 1. The van der Waals surface area contributed by atoms with Crippen molar-refractivity contribution in [1.82, 2.24) is 4.57 Å². The normalized spacial score (nSPS) is 11.1. The van der Waals surface area contributed by atoms with Crippen molar-refractivity contribution in [2.75, 3.05) is 13.2 Å². The lowest BCUT2D eigenvalue weighted by Crippen LogP contribution is -1.96. The van der Waals surface area contributed by atoms with Gasteiger partial charge >= 0.3 is 0 Å². The molecule has 3 nitrogen and oxygen atoms in total. The molecule has 0 aliphatic carbocycles. The Morgan fingerprint density at radius 2 is 1.94 bits per heavy atom. The first kappa shape index (κ1) is 11.6. The van der Waals surface area contributed by atoms with Crippen molar-refractivity contribution in [3.63, 3.8) is 0 Å². The topological polar surface area (TPSA) is 37.5 Å². The monoisotopic (exact) mass is 228 g/mol. The predicted octanol–water partition coefficient (Wildman–Crippen LogP) is 2.22. The fourth-order valence-electron chi connectivity index (χ4n) is 1.66. The summed E-state index contributed by atoms with van der Waals surface area (Å²) >= 11 is 0. The predicted molar refractivity (Wildman–Crippen MR) is 70.3 cm³/mol. The standard InChI is InChI=1S/C14H16N2O/c17-11-8-15-7-10-16-9-6-14(12-16)13-4-2-1-3-5-13/h1-7,9,12,17H,8,10-11H2/b15-7+. The van der Waals surface area contributed by atoms with Crippen LogP contribution in [0.4, 0.5) is 0 Å². The molecule has 2 rings (SSSR count). The highest BCUT2D eigenvalue weighted by atomic mass is 16.3. The minimum atomic E-state index is 0.109. The van der Waals surface area contributed by atoms with E-state index in [0.717, 1.165) is 6.54 Å². The Morgan fingerprint density at radius 1 is 1.12 bits per heavy atom.